The molecule has 0 fully saturated rings. The van der Waals surface area contributed by atoms with Crippen molar-refractivity contribution in [3.63, 3.8) is 0 Å². The molecule has 1 atom stereocenters. The molecule has 19 heavy (non-hydrogen) atoms. The number of benzene rings is 2. The van der Waals surface area contributed by atoms with E-state index in [9.17, 15) is 4.79 Å². The Labute approximate surface area is 120 Å². The van der Waals surface area contributed by atoms with Gasteiger partial charge in [-0.15, -0.1) is 0 Å². The average molecular weight is 296 g/mol. The van der Waals surface area contributed by atoms with E-state index < -0.39 is 12.0 Å². The molecular formula is C14H11Cl2NO2. The van der Waals surface area contributed by atoms with Crippen molar-refractivity contribution >= 4 is 29.2 Å². The molecule has 2 aromatic carbocycles. The Morgan fingerprint density at radius 1 is 1.00 bits per heavy atom. The number of halogens is 2. The molecule has 0 spiro atoms. The minimum atomic E-state index is -1.05. The summed E-state index contributed by atoms with van der Waals surface area (Å²) in [6.07, 6.45) is 0. The number of rotatable bonds is 3. The summed E-state index contributed by atoms with van der Waals surface area (Å²) >= 11 is 11.8. The summed E-state index contributed by atoms with van der Waals surface area (Å²) in [7, 11) is 0. The summed E-state index contributed by atoms with van der Waals surface area (Å²) in [6.45, 7) is 0. The van der Waals surface area contributed by atoms with Crippen LogP contribution < -0.4 is 5.73 Å². The Morgan fingerprint density at radius 2 is 1.58 bits per heavy atom. The third kappa shape index (κ3) is 3.07. The molecule has 0 aliphatic rings. The van der Waals surface area contributed by atoms with Crippen molar-refractivity contribution < 1.29 is 9.90 Å². The van der Waals surface area contributed by atoms with Gasteiger partial charge >= 0.3 is 5.97 Å². The number of carboxylic acid groups (broad SMARTS) is 1. The standard InChI is InChI=1S/C14H11Cl2NO2/c15-11-6-5-10(7-12(11)16)8-1-3-9(4-2-8)13(17)14(18)19/h1-7,13H,17H2,(H,18,19)/t13-/m0/s1. The first-order valence-electron chi connectivity index (χ1n) is 5.53. The van der Waals surface area contributed by atoms with Gasteiger partial charge in [0.2, 0.25) is 0 Å². The second-order valence-corrected chi connectivity index (χ2v) is 4.88. The zero-order valence-electron chi connectivity index (χ0n) is 9.81. The normalized spacial score (nSPS) is 12.2. The Kier molecular flexibility index (Phi) is 4.10. The van der Waals surface area contributed by atoms with Crippen LogP contribution in [-0.4, -0.2) is 11.1 Å². The summed E-state index contributed by atoms with van der Waals surface area (Å²) in [5.74, 6) is -1.05. The van der Waals surface area contributed by atoms with E-state index >= 15 is 0 Å². The summed E-state index contributed by atoms with van der Waals surface area (Å²) in [5, 5.41) is 9.80. The van der Waals surface area contributed by atoms with Crippen molar-refractivity contribution in [3.8, 4) is 11.1 Å². The van der Waals surface area contributed by atoms with Gasteiger partial charge in [0, 0.05) is 0 Å². The predicted molar refractivity (Wildman–Crippen MR) is 76.5 cm³/mol. The van der Waals surface area contributed by atoms with Gasteiger partial charge in [-0.05, 0) is 28.8 Å². The van der Waals surface area contributed by atoms with Gasteiger partial charge in [0.15, 0.2) is 0 Å². The second-order valence-electron chi connectivity index (χ2n) is 4.07. The van der Waals surface area contributed by atoms with Crippen LogP contribution in [-0.2, 0) is 4.79 Å². The average Bonchev–Trinajstić information content (AvgIpc) is 2.41. The number of nitrogens with two attached hydrogens (primary N) is 1. The van der Waals surface area contributed by atoms with Crippen molar-refractivity contribution in [1.82, 2.24) is 0 Å². The van der Waals surface area contributed by atoms with Crippen molar-refractivity contribution in [3.05, 3.63) is 58.1 Å². The first-order chi connectivity index (χ1) is 8.99. The van der Waals surface area contributed by atoms with Crippen LogP contribution in [0.4, 0.5) is 0 Å². The van der Waals surface area contributed by atoms with Crippen molar-refractivity contribution in [2.45, 2.75) is 6.04 Å². The fourth-order valence-corrected chi connectivity index (χ4v) is 2.00. The van der Waals surface area contributed by atoms with Crippen LogP contribution in [0.25, 0.3) is 11.1 Å². The fraction of sp³-hybridized carbons (Fsp3) is 0.0714. The number of aliphatic carboxylic acids is 1. The number of hydrogen-bond donors (Lipinski definition) is 2. The second kappa shape index (κ2) is 5.61. The fourth-order valence-electron chi connectivity index (χ4n) is 1.70. The summed E-state index contributed by atoms with van der Waals surface area (Å²) < 4.78 is 0. The van der Waals surface area contributed by atoms with E-state index in [1.54, 1.807) is 36.4 Å². The third-order valence-electron chi connectivity index (χ3n) is 2.79. The van der Waals surface area contributed by atoms with Crippen molar-refractivity contribution in [1.29, 1.82) is 0 Å². The molecule has 3 nitrogen and oxygen atoms in total. The minimum Gasteiger partial charge on any atom is -0.480 e. The van der Waals surface area contributed by atoms with Crippen LogP contribution >= 0.6 is 23.2 Å². The van der Waals surface area contributed by atoms with Gasteiger partial charge in [-0.2, -0.15) is 0 Å². The molecule has 2 aromatic rings. The summed E-state index contributed by atoms with van der Waals surface area (Å²) in [4.78, 5) is 10.8. The van der Waals surface area contributed by atoms with Crippen LogP contribution in [0.15, 0.2) is 42.5 Å². The lowest BCUT2D eigenvalue weighted by Gasteiger charge is -2.08. The molecule has 0 saturated heterocycles. The highest BCUT2D eigenvalue weighted by Crippen LogP contribution is 2.29. The van der Waals surface area contributed by atoms with Gasteiger partial charge in [-0.25, -0.2) is 0 Å². The van der Waals surface area contributed by atoms with Gasteiger partial charge in [-0.1, -0.05) is 53.5 Å². The lowest BCUT2D eigenvalue weighted by molar-refractivity contribution is -0.138. The van der Waals surface area contributed by atoms with Crippen molar-refractivity contribution in [2.24, 2.45) is 5.73 Å². The molecule has 0 aliphatic heterocycles. The molecule has 0 unspecified atom stereocenters. The predicted octanol–water partition coefficient (Wildman–Crippen LogP) is 3.74. The smallest absolute Gasteiger partial charge is 0.325 e. The molecule has 0 radical (unpaired) electrons. The molecule has 0 aliphatic carbocycles. The molecule has 98 valence electrons. The number of carbonyl (C=O) groups is 1. The van der Waals surface area contributed by atoms with E-state index in [4.69, 9.17) is 34.0 Å². The highest BCUT2D eigenvalue weighted by Gasteiger charge is 2.13. The lowest BCUT2D eigenvalue weighted by Crippen LogP contribution is -2.20. The van der Waals surface area contributed by atoms with Crippen LogP contribution in [0.2, 0.25) is 10.0 Å². The monoisotopic (exact) mass is 295 g/mol. The van der Waals surface area contributed by atoms with Crippen LogP contribution in [0.5, 0.6) is 0 Å². The first kappa shape index (κ1) is 13.9. The van der Waals surface area contributed by atoms with Gasteiger partial charge in [0.05, 0.1) is 10.0 Å². The maximum Gasteiger partial charge on any atom is 0.325 e. The first-order valence-corrected chi connectivity index (χ1v) is 6.28. The highest BCUT2D eigenvalue weighted by molar-refractivity contribution is 6.42. The Balaban J connectivity index is 2.32. The summed E-state index contributed by atoms with van der Waals surface area (Å²) in [6, 6.07) is 11.3. The topological polar surface area (TPSA) is 63.3 Å². The van der Waals surface area contributed by atoms with Gasteiger partial charge < -0.3 is 10.8 Å². The maximum atomic E-state index is 10.8. The Bertz CT molecular complexity index is 611. The molecule has 0 heterocycles. The molecule has 5 heteroatoms. The van der Waals surface area contributed by atoms with E-state index in [0.717, 1.165) is 11.1 Å². The quantitative estimate of drug-likeness (QED) is 0.906. The molecule has 0 aromatic heterocycles. The van der Waals surface area contributed by atoms with E-state index in [0.29, 0.717) is 15.6 Å². The molecule has 0 bridgehead atoms. The molecule has 3 N–H and O–H groups in total. The SMILES string of the molecule is N[C@H](C(=O)O)c1ccc(-c2ccc(Cl)c(Cl)c2)cc1. The maximum absolute atomic E-state index is 10.8. The minimum absolute atomic E-state index is 0.477. The number of carboxylic acids is 1. The largest absolute Gasteiger partial charge is 0.480 e. The van der Waals surface area contributed by atoms with E-state index in [2.05, 4.69) is 0 Å². The van der Waals surface area contributed by atoms with Gasteiger partial charge in [-0.3, -0.25) is 4.79 Å². The zero-order valence-corrected chi connectivity index (χ0v) is 11.3. The van der Waals surface area contributed by atoms with Crippen LogP contribution in [0.1, 0.15) is 11.6 Å². The molecule has 0 amide bonds. The molecule has 2 rings (SSSR count). The number of hydrogen-bond acceptors (Lipinski definition) is 2. The van der Waals surface area contributed by atoms with Crippen molar-refractivity contribution in [2.75, 3.05) is 0 Å². The Morgan fingerprint density at radius 3 is 2.11 bits per heavy atom. The summed E-state index contributed by atoms with van der Waals surface area (Å²) in [5.41, 5.74) is 7.91. The Hall–Kier alpha value is -1.55. The molecule has 0 saturated carbocycles. The third-order valence-corrected chi connectivity index (χ3v) is 3.53. The molecular weight excluding hydrogens is 285 g/mol. The van der Waals surface area contributed by atoms with Gasteiger partial charge in [0.1, 0.15) is 6.04 Å². The van der Waals surface area contributed by atoms with Crippen LogP contribution in [0.3, 0.4) is 0 Å². The zero-order chi connectivity index (χ0) is 14.0. The van der Waals surface area contributed by atoms with Gasteiger partial charge in [0.25, 0.3) is 0 Å². The van der Waals surface area contributed by atoms with Crippen LogP contribution in [0, 0.1) is 0 Å². The van der Waals surface area contributed by atoms with E-state index in [-0.39, 0.29) is 0 Å². The lowest BCUT2D eigenvalue weighted by atomic mass is 10.0. The van der Waals surface area contributed by atoms with E-state index in [1.807, 2.05) is 6.07 Å². The highest BCUT2D eigenvalue weighted by atomic mass is 35.5. The van der Waals surface area contributed by atoms with E-state index in [1.165, 1.54) is 0 Å².